The number of para-hydroxylation sites is 3. The molecule has 8 rings (SSSR count). The number of benzene rings is 8. The molecule has 0 unspecified atom stereocenters. The van der Waals surface area contributed by atoms with Crippen LogP contribution < -0.4 is 38.6 Å². The Morgan fingerprint density at radius 3 is 0.785 bits per heavy atom. The van der Waals surface area contributed by atoms with E-state index >= 15 is 0 Å². The fourth-order valence-corrected chi connectivity index (χ4v) is 7.65. The fraction of sp³-hybridized carbons (Fsp3) is 0.111. The van der Waals surface area contributed by atoms with Crippen LogP contribution in [-0.2, 0) is 15.4 Å². The summed E-state index contributed by atoms with van der Waals surface area (Å²) in [6.45, 7) is 7.77. The molecule has 0 radical (unpaired) electrons. The van der Waals surface area contributed by atoms with E-state index in [1.165, 1.54) is 6.66 Å². The van der Waals surface area contributed by atoms with Crippen molar-refractivity contribution in [3.05, 3.63) is 240 Å². The van der Waals surface area contributed by atoms with Gasteiger partial charge in [0.15, 0.2) is 0 Å². The Bertz CT molecular complexity index is 2440. The maximum absolute atomic E-state index is 12.1. The Kier molecular flexibility index (Phi) is 18.8. The van der Waals surface area contributed by atoms with E-state index in [0.717, 1.165) is 27.8 Å². The van der Waals surface area contributed by atoms with Crippen LogP contribution in [0.5, 0.6) is 46.0 Å². The first-order valence-electron chi connectivity index (χ1n) is 20.3. The van der Waals surface area contributed by atoms with Crippen molar-refractivity contribution in [2.24, 2.45) is 0 Å². The van der Waals surface area contributed by atoms with Gasteiger partial charge in [-0.05, 0) is 132 Å². The van der Waals surface area contributed by atoms with E-state index in [1.54, 1.807) is 109 Å². The van der Waals surface area contributed by atoms with Crippen molar-refractivity contribution in [2.75, 3.05) is 6.66 Å². The standard InChI is InChI=1S/C20H18O3.C15H16O2.C13H13O3P.C6H6O.Na/c1-20(14-2-8-17(21)9-3-14,15-4-10-18(22)11-5-15)16-6-12-19(23)13-7-16;1-15(2,11-3-7-13(16)8-4-11)12-5-9-14(17)10-6-12;1-17(14,15-12-8-4-2-5-9-12)16-13-10-6-3-7-11-13;7-6-4-2-1-3-5-6;/h2-13,21-23H,1H3;3-10,16-17H,1-2H3;2-11H,1H3;1-5,7H;/q;;;;+1. The molecule has 0 saturated carbocycles. The van der Waals surface area contributed by atoms with Crippen molar-refractivity contribution in [1.29, 1.82) is 0 Å². The molecule has 0 aliphatic heterocycles. The summed E-state index contributed by atoms with van der Waals surface area (Å²) in [4.78, 5) is 0. The smallest absolute Gasteiger partial charge is 0.508 e. The molecular formula is C54H53NaO9P+. The van der Waals surface area contributed by atoms with Gasteiger partial charge in [0.25, 0.3) is 0 Å². The van der Waals surface area contributed by atoms with E-state index in [1.807, 2.05) is 103 Å². The molecule has 0 atom stereocenters. The van der Waals surface area contributed by atoms with Gasteiger partial charge in [-0.2, -0.15) is 0 Å². The number of phenolic OH excluding ortho intramolecular Hbond substituents is 6. The molecule has 11 heteroatoms. The number of hydrogen-bond acceptors (Lipinski definition) is 9. The maximum Gasteiger partial charge on any atom is 1.00 e. The van der Waals surface area contributed by atoms with Gasteiger partial charge in [0.1, 0.15) is 46.0 Å². The predicted octanol–water partition coefficient (Wildman–Crippen LogP) is 9.94. The summed E-state index contributed by atoms with van der Waals surface area (Å²) in [6.07, 6.45) is 0. The summed E-state index contributed by atoms with van der Waals surface area (Å²) < 4.78 is 22.8. The maximum atomic E-state index is 12.1. The summed E-state index contributed by atoms with van der Waals surface area (Å²) in [6, 6.07) is 62.4. The van der Waals surface area contributed by atoms with Crippen molar-refractivity contribution >= 4 is 7.60 Å². The molecule has 0 spiro atoms. The zero-order valence-corrected chi connectivity index (χ0v) is 40.0. The number of hydrogen-bond donors (Lipinski definition) is 6. The van der Waals surface area contributed by atoms with Crippen LogP contribution in [-0.4, -0.2) is 37.3 Å². The summed E-state index contributed by atoms with van der Waals surface area (Å²) in [7, 11) is -3.14. The van der Waals surface area contributed by atoms with Crippen molar-refractivity contribution in [1.82, 2.24) is 0 Å². The number of rotatable bonds is 9. The zero-order chi connectivity index (χ0) is 46.2. The van der Waals surface area contributed by atoms with Crippen LogP contribution in [0.15, 0.2) is 212 Å². The van der Waals surface area contributed by atoms with Gasteiger partial charge in [0.2, 0.25) is 0 Å². The molecule has 328 valence electrons. The van der Waals surface area contributed by atoms with Gasteiger partial charge in [-0.1, -0.05) is 129 Å². The van der Waals surface area contributed by atoms with Crippen LogP contribution in [0.1, 0.15) is 48.6 Å². The van der Waals surface area contributed by atoms with Crippen LogP contribution in [0.2, 0.25) is 0 Å². The van der Waals surface area contributed by atoms with Gasteiger partial charge in [-0.3, -0.25) is 0 Å². The number of aromatic hydroxyl groups is 6. The van der Waals surface area contributed by atoms with Gasteiger partial charge in [0.05, 0.1) is 6.66 Å². The minimum absolute atomic E-state index is 0. The molecule has 0 aliphatic rings. The monoisotopic (exact) mass is 899 g/mol. The predicted molar refractivity (Wildman–Crippen MR) is 254 cm³/mol. The molecule has 0 aromatic heterocycles. The summed E-state index contributed by atoms with van der Waals surface area (Å²) in [5.41, 5.74) is 4.64. The van der Waals surface area contributed by atoms with Gasteiger partial charge >= 0.3 is 37.2 Å². The van der Waals surface area contributed by atoms with E-state index in [4.69, 9.17) is 14.2 Å². The molecule has 0 aliphatic carbocycles. The average Bonchev–Trinajstić information content (AvgIpc) is 3.28. The van der Waals surface area contributed by atoms with E-state index in [9.17, 15) is 30.1 Å². The van der Waals surface area contributed by atoms with Gasteiger partial charge in [0, 0.05) is 10.8 Å². The molecule has 6 N–H and O–H groups in total. The molecule has 8 aromatic rings. The zero-order valence-electron chi connectivity index (χ0n) is 37.1. The van der Waals surface area contributed by atoms with Gasteiger partial charge < -0.3 is 39.7 Å². The summed E-state index contributed by atoms with van der Waals surface area (Å²) in [5, 5.41) is 55.9. The molecule has 8 aromatic carbocycles. The Morgan fingerprint density at radius 1 is 0.338 bits per heavy atom. The largest absolute Gasteiger partial charge is 1.00 e. The first-order valence-corrected chi connectivity index (χ1v) is 22.3. The van der Waals surface area contributed by atoms with Crippen molar-refractivity contribution in [3.8, 4) is 46.0 Å². The van der Waals surface area contributed by atoms with E-state index in [2.05, 4.69) is 20.8 Å². The third kappa shape index (κ3) is 15.3. The van der Waals surface area contributed by atoms with Gasteiger partial charge in [-0.25, -0.2) is 4.57 Å². The molecule has 0 bridgehead atoms. The Balaban J connectivity index is 0.000000199. The van der Waals surface area contributed by atoms with Crippen LogP contribution in [0.4, 0.5) is 0 Å². The molecule has 0 heterocycles. The SMILES string of the molecule is CC(C)(c1ccc(O)cc1)c1ccc(O)cc1.CC(c1ccc(O)cc1)(c1ccc(O)cc1)c1ccc(O)cc1.CP(=O)(Oc1ccccc1)Oc1ccccc1.Oc1ccccc1.[Na+]. The first-order chi connectivity index (χ1) is 30.5. The second-order valence-electron chi connectivity index (χ2n) is 15.4. The first kappa shape index (κ1) is 51.0. The van der Waals surface area contributed by atoms with Crippen molar-refractivity contribution in [2.45, 2.75) is 31.6 Å². The molecule has 0 fully saturated rings. The van der Waals surface area contributed by atoms with Crippen LogP contribution in [0, 0.1) is 0 Å². The Labute approximate surface area is 403 Å². The Morgan fingerprint density at radius 2 is 0.554 bits per heavy atom. The molecular weight excluding hydrogens is 847 g/mol. The third-order valence-electron chi connectivity index (χ3n) is 10.3. The fourth-order valence-electron chi connectivity index (χ4n) is 6.60. The summed E-state index contributed by atoms with van der Waals surface area (Å²) >= 11 is 0. The minimum Gasteiger partial charge on any atom is -0.508 e. The molecule has 0 saturated heterocycles. The molecule has 65 heavy (non-hydrogen) atoms. The van der Waals surface area contributed by atoms with E-state index < -0.39 is 13.0 Å². The second-order valence-corrected chi connectivity index (χ2v) is 17.3. The summed E-state index contributed by atoms with van der Waals surface area (Å²) in [5.74, 6) is 2.59. The van der Waals surface area contributed by atoms with Crippen LogP contribution >= 0.6 is 7.60 Å². The van der Waals surface area contributed by atoms with E-state index in [0.29, 0.717) is 17.2 Å². The Hall–Kier alpha value is -6.61. The van der Waals surface area contributed by atoms with Crippen molar-refractivity contribution in [3.63, 3.8) is 0 Å². The average molecular weight is 900 g/mol. The van der Waals surface area contributed by atoms with Crippen LogP contribution in [0.3, 0.4) is 0 Å². The number of phenols is 6. The normalized spacial score (nSPS) is 10.8. The quantitative estimate of drug-likeness (QED) is 0.0472. The van der Waals surface area contributed by atoms with Crippen molar-refractivity contribution < 1.29 is 73.8 Å². The minimum atomic E-state index is -3.14. The van der Waals surface area contributed by atoms with E-state index in [-0.39, 0.29) is 63.7 Å². The second kappa shape index (κ2) is 23.9. The van der Waals surface area contributed by atoms with Crippen LogP contribution in [0.25, 0.3) is 0 Å². The van der Waals surface area contributed by atoms with Gasteiger partial charge in [-0.15, -0.1) is 0 Å². The topological polar surface area (TPSA) is 157 Å². The molecule has 9 nitrogen and oxygen atoms in total. The molecule has 0 amide bonds. The third-order valence-corrected chi connectivity index (χ3v) is 11.4.